The lowest BCUT2D eigenvalue weighted by Crippen LogP contribution is -2.28. The number of benzene rings is 1. The first-order valence-electron chi connectivity index (χ1n) is 9.34. The van der Waals surface area contributed by atoms with Crippen molar-refractivity contribution < 1.29 is 9.53 Å². The van der Waals surface area contributed by atoms with E-state index >= 15 is 0 Å². The first-order chi connectivity index (χ1) is 13.7. The number of carbonyl (C=O) groups excluding carboxylic acids is 1. The molecule has 0 atom stereocenters. The number of imidazole rings is 1. The van der Waals surface area contributed by atoms with Gasteiger partial charge in [0.2, 0.25) is 11.7 Å². The number of fused-ring (bicyclic) bond motifs is 3. The number of aromatic nitrogens is 4. The lowest BCUT2D eigenvalue weighted by Gasteiger charge is -2.06. The van der Waals surface area contributed by atoms with E-state index < -0.39 is 0 Å². The first-order valence-corrected chi connectivity index (χ1v) is 9.34. The third kappa shape index (κ3) is 4.09. The van der Waals surface area contributed by atoms with E-state index in [1.165, 1.54) is 0 Å². The van der Waals surface area contributed by atoms with Crippen molar-refractivity contribution >= 4 is 22.7 Å². The summed E-state index contributed by atoms with van der Waals surface area (Å²) < 4.78 is 7.32. The van der Waals surface area contributed by atoms with Crippen molar-refractivity contribution in [2.45, 2.75) is 20.8 Å². The van der Waals surface area contributed by atoms with Crippen LogP contribution in [-0.4, -0.2) is 38.4 Å². The summed E-state index contributed by atoms with van der Waals surface area (Å²) in [7, 11) is 0. The van der Waals surface area contributed by atoms with Crippen molar-refractivity contribution in [2.75, 3.05) is 13.2 Å². The Kier molecular flexibility index (Phi) is 6.16. The molecule has 1 amide bonds. The van der Waals surface area contributed by atoms with Crippen LogP contribution < -0.4 is 10.1 Å². The number of carbonyl (C=O) groups is 1. The number of likely N-dealkylation sites (N-methyl/N-ethyl adjacent to an activating group) is 1. The zero-order valence-corrected chi connectivity index (χ0v) is 16.2. The maximum Gasteiger partial charge on any atom is 0.257 e. The number of nitrogens with one attached hydrogen (secondary N) is 1. The molecule has 0 saturated carbocycles. The number of ether oxygens (including phenoxy) is 1. The number of amides is 1. The quantitative estimate of drug-likeness (QED) is 0.576. The average molecular weight is 377 g/mol. The van der Waals surface area contributed by atoms with E-state index in [0.717, 1.165) is 22.3 Å². The van der Waals surface area contributed by atoms with Crippen LogP contribution in [-0.2, 0) is 4.79 Å². The van der Waals surface area contributed by atoms with E-state index in [9.17, 15) is 4.79 Å². The van der Waals surface area contributed by atoms with Crippen LogP contribution in [0.1, 0.15) is 20.8 Å². The molecular weight excluding hydrogens is 354 g/mol. The number of pyridine rings is 1. The third-order valence-corrected chi connectivity index (χ3v) is 3.94. The molecular formula is C21H23N5O2. The van der Waals surface area contributed by atoms with Gasteiger partial charge in [-0.25, -0.2) is 15.0 Å². The normalized spacial score (nSPS) is 10.4. The summed E-state index contributed by atoms with van der Waals surface area (Å²) in [5.74, 6) is 0.866. The van der Waals surface area contributed by atoms with Crippen LogP contribution in [0.3, 0.4) is 0 Å². The van der Waals surface area contributed by atoms with Gasteiger partial charge in [-0.3, -0.25) is 9.20 Å². The van der Waals surface area contributed by atoms with E-state index in [1.54, 1.807) is 12.3 Å². The monoisotopic (exact) mass is 377 g/mol. The van der Waals surface area contributed by atoms with Crippen LogP contribution in [0.15, 0.2) is 54.9 Å². The lowest BCUT2D eigenvalue weighted by atomic mass is 10.2. The minimum absolute atomic E-state index is 0.0505. The summed E-state index contributed by atoms with van der Waals surface area (Å²) in [6, 6.07) is 13.4. The number of hydrogen-bond donors (Lipinski definition) is 1. The largest absolute Gasteiger partial charge is 0.468 e. The molecule has 0 aliphatic rings. The van der Waals surface area contributed by atoms with Crippen LogP contribution in [0, 0.1) is 0 Å². The summed E-state index contributed by atoms with van der Waals surface area (Å²) in [5.41, 5.74) is 3.55. The van der Waals surface area contributed by atoms with E-state index in [1.807, 2.05) is 67.8 Å². The third-order valence-electron chi connectivity index (χ3n) is 3.94. The molecule has 0 bridgehead atoms. The second-order valence-electron chi connectivity index (χ2n) is 5.71. The molecule has 0 spiro atoms. The zero-order chi connectivity index (χ0) is 19.9. The standard InChI is InChI=1S/C19H17N5O2.C2H6/c1-2-20-17(25)12-26-18-8-7-13(11-21-18)14-9-10-24-16-6-4-3-5-15(16)23-19(24)22-14;1-2/h3-11H,2,12H2,1H3,(H,20,25);1-2H3. The van der Waals surface area contributed by atoms with Crippen molar-refractivity contribution in [3.63, 3.8) is 0 Å². The highest BCUT2D eigenvalue weighted by Gasteiger charge is 2.08. The van der Waals surface area contributed by atoms with Gasteiger partial charge in [0.1, 0.15) is 0 Å². The van der Waals surface area contributed by atoms with Crippen LogP contribution in [0.2, 0.25) is 0 Å². The average Bonchev–Trinajstić information content (AvgIpc) is 3.12. The fourth-order valence-electron chi connectivity index (χ4n) is 2.71. The molecule has 144 valence electrons. The molecule has 0 unspecified atom stereocenters. The van der Waals surface area contributed by atoms with Gasteiger partial charge < -0.3 is 10.1 Å². The first kappa shape index (κ1) is 19.3. The highest BCUT2D eigenvalue weighted by Crippen LogP contribution is 2.21. The molecule has 28 heavy (non-hydrogen) atoms. The Morgan fingerprint density at radius 2 is 1.93 bits per heavy atom. The van der Waals surface area contributed by atoms with Gasteiger partial charge in [-0.15, -0.1) is 0 Å². The Morgan fingerprint density at radius 1 is 1.11 bits per heavy atom. The summed E-state index contributed by atoms with van der Waals surface area (Å²) in [6.45, 7) is 6.38. The molecule has 1 aromatic carbocycles. The Morgan fingerprint density at radius 3 is 2.68 bits per heavy atom. The molecule has 7 heteroatoms. The molecule has 7 nitrogen and oxygen atoms in total. The van der Waals surface area contributed by atoms with E-state index in [4.69, 9.17) is 4.74 Å². The van der Waals surface area contributed by atoms with Crippen LogP contribution >= 0.6 is 0 Å². The van der Waals surface area contributed by atoms with Crippen LogP contribution in [0.5, 0.6) is 5.88 Å². The van der Waals surface area contributed by atoms with Gasteiger partial charge in [-0.2, -0.15) is 0 Å². The van der Waals surface area contributed by atoms with Crippen LogP contribution in [0.4, 0.5) is 0 Å². The number of para-hydroxylation sites is 2. The van der Waals surface area contributed by atoms with Gasteiger partial charge >= 0.3 is 0 Å². The van der Waals surface area contributed by atoms with Gasteiger partial charge in [0.05, 0.1) is 16.7 Å². The van der Waals surface area contributed by atoms with Gasteiger partial charge in [-0.1, -0.05) is 26.0 Å². The zero-order valence-electron chi connectivity index (χ0n) is 16.2. The summed E-state index contributed by atoms with van der Waals surface area (Å²) in [4.78, 5) is 24.8. The number of hydrogen-bond acceptors (Lipinski definition) is 5. The van der Waals surface area contributed by atoms with Gasteiger partial charge in [0, 0.05) is 30.6 Å². The molecule has 0 aliphatic carbocycles. The molecule has 0 fully saturated rings. The Labute approximate surface area is 163 Å². The smallest absolute Gasteiger partial charge is 0.257 e. The summed E-state index contributed by atoms with van der Waals surface area (Å²) in [5, 5.41) is 2.67. The maximum atomic E-state index is 11.4. The molecule has 3 aromatic heterocycles. The maximum absolute atomic E-state index is 11.4. The van der Waals surface area contributed by atoms with Gasteiger partial charge in [0.15, 0.2) is 6.61 Å². The molecule has 4 rings (SSSR count). The van der Waals surface area contributed by atoms with Crippen molar-refractivity contribution in [3.8, 4) is 17.1 Å². The highest BCUT2D eigenvalue weighted by molar-refractivity contribution is 5.80. The minimum Gasteiger partial charge on any atom is -0.468 e. The van der Waals surface area contributed by atoms with Crippen molar-refractivity contribution in [3.05, 3.63) is 54.9 Å². The highest BCUT2D eigenvalue weighted by atomic mass is 16.5. The van der Waals surface area contributed by atoms with Crippen molar-refractivity contribution in [1.29, 1.82) is 0 Å². The fraction of sp³-hybridized carbons (Fsp3) is 0.238. The second kappa shape index (κ2) is 8.94. The number of nitrogens with zero attached hydrogens (tertiary/aromatic N) is 4. The molecule has 4 aromatic rings. The molecule has 3 heterocycles. The molecule has 0 aliphatic heterocycles. The van der Waals surface area contributed by atoms with E-state index in [2.05, 4.69) is 20.3 Å². The summed E-state index contributed by atoms with van der Waals surface area (Å²) >= 11 is 0. The predicted octanol–water partition coefficient (Wildman–Crippen LogP) is 3.49. The van der Waals surface area contributed by atoms with Crippen LogP contribution in [0.25, 0.3) is 28.1 Å². The Balaban J connectivity index is 0.00000109. The second-order valence-corrected chi connectivity index (χ2v) is 5.71. The van der Waals surface area contributed by atoms with E-state index in [-0.39, 0.29) is 12.5 Å². The number of rotatable bonds is 5. The Bertz CT molecular complexity index is 1070. The SMILES string of the molecule is CC.CCNC(=O)COc1ccc(-c2ccn3c(n2)nc2ccccc23)cn1. The Hall–Kier alpha value is -3.48. The molecule has 0 radical (unpaired) electrons. The molecule has 1 N–H and O–H groups in total. The lowest BCUT2D eigenvalue weighted by molar-refractivity contribution is -0.123. The predicted molar refractivity (Wildman–Crippen MR) is 109 cm³/mol. The van der Waals surface area contributed by atoms with Gasteiger partial charge in [-0.05, 0) is 31.2 Å². The van der Waals surface area contributed by atoms with Gasteiger partial charge in [0.25, 0.3) is 5.91 Å². The fourth-order valence-corrected chi connectivity index (χ4v) is 2.71. The van der Waals surface area contributed by atoms with Crippen molar-refractivity contribution in [2.24, 2.45) is 0 Å². The molecule has 0 saturated heterocycles. The van der Waals surface area contributed by atoms with E-state index in [0.29, 0.717) is 18.2 Å². The topological polar surface area (TPSA) is 81.4 Å². The van der Waals surface area contributed by atoms with Crippen molar-refractivity contribution in [1.82, 2.24) is 24.7 Å². The summed E-state index contributed by atoms with van der Waals surface area (Å²) in [6.07, 6.45) is 3.63. The minimum atomic E-state index is -0.170.